The molecule has 0 saturated heterocycles. The molecule has 0 radical (unpaired) electrons. The molecule has 0 atom stereocenters. The van der Waals surface area contributed by atoms with Crippen LogP contribution in [0.5, 0.6) is 11.5 Å². The molecule has 2 N–H and O–H groups in total. The first-order chi connectivity index (χ1) is 9.11. The largest absolute Gasteiger partial charge is 0.507 e. The lowest BCUT2D eigenvalue weighted by Gasteiger charge is -2.09. The zero-order valence-electron chi connectivity index (χ0n) is 10.2. The van der Waals surface area contributed by atoms with Crippen LogP contribution in [0.1, 0.15) is 10.4 Å². The summed E-state index contributed by atoms with van der Waals surface area (Å²) in [6.07, 6.45) is 0. The van der Waals surface area contributed by atoms with Crippen molar-refractivity contribution in [2.45, 2.75) is 0 Å². The molecule has 0 fully saturated rings. The van der Waals surface area contributed by atoms with Crippen molar-refractivity contribution in [3.05, 3.63) is 52.5 Å². The van der Waals surface area contributed by atoms with E-state index in [1.54, 1.807) is 43.5 Å². The van der Waals surface area contributed by atoms with Crippen LogP contribution in [0.15, 0.2) is 46.9 Å². The van der Waals surface area contributed by atoms with Gasteiger partial charge in [-0.05, 0) is 40.2 Å². The molecule has 0 aliphatic heterocycles. The van der Waals surface area contributed by atoms with Gasteiger partial charge in [-0.25, -0.2) is 0 Å². The minimum absolute atomic E-state index is 0.0518. The lowest BCUT2D eigenvalue weighted by molar-refractivity contribution is 0.102. The number of amides is 1. The first-order valence-corrected chi connectivity index (χ1v) is 6.34. The lowest BCUT2D eigenvalue weighted by Crippen LogP contribution is -2.12. The summed E-state index contributed by atoms with van der Waals surface area (Å²) >= 11 is 3.34. The van der Waals surface area contributed by atoms with Gasteiger partial charge in [-0.2, -0.15) is 0 Å². The predicted octanol–water partition coefficient (Wildman–Crippen LogP) is 3.42. The first-order valence-electron chi connectivity index (χ1n) is 5.54. The van der Waals surface area contributed by atoms with E-state index in [2.05, 4.69) is 21.2 Å². The maximum absolute atomic E-state index is 12.0. The van der Waals surface area contributed by atoms with Crippen LogP contribution in [0.3, 0.4) is 0 Å². The number of carbonyl (C=O) groups excluding carboxylic acids is 1. The van der Waals surface area contributed by atoms with Crippen LogP contribution >= 0.6 is 15.9 Å². The fourth-order valence-electron chi connectivity index (χ4n) is 1.60. The predicted molar refractivity (Wildman–Crippen MR) is 76.8 cm³/mol. The molecular weight excluding hydrogens is 310 g/mol. The van der Waals surface area contributed by atoms with Crippen molar-refractivity contribution in [2.75, 3.05) is 12.4 Å². The van der Waals surface area contributed by atoms with Gasteiger partial charge in [-0.3, -0.25) is 4.79 Å². The Morgan fingerprint density at radius 3 is 2.68 bits per heavy atom. The molecule has 0 bridgehead atoms. The second-order valence-corrected chi connectivity index (χ2v) is 4.67. The molecule has 0 heterocycles. The van der Waals surface area contributed by atoms with Crippen molar-refractivity contribution in [3.8, 4) is 11.5 Å². The Labute approximate surface area is 119 Å². The average molecular weight is 322 g/mol. The number of para-hydroxylation sites is 1. The standard InChI is InChI=1S/C14H12BrNO3/c1-19-13-8-9(6-7-11(13)15)16-14(18)10-4-2-3-5-12(10)17/h2-8,17H,1H3,(H,16,18). The molecule has 2 rings (SSSR count). The van der Waals surface area contributed by atoms with Crippen LogP contribution in [-0.2, 0) is 0 Å². The van der Waals surface area contributed by atoms with Gasteiger partial charge < -0.3 is 15.2 Å². The van der Waals surface area contributed by atoms with Crippen molar-refractivity contribution in [1.82, 2.24) is 0 Å². The second kappa shape index (κ2) is 5.75. The molecule has 2 aromatic carbocycles. The van der Waals surface area contributed by atoms with Gasteiger partial charge >= 0.3 is 0 Å². The SMILES string of the molecule is COc1cc(NC(=O)c2ccccc2O)ccc1Br. The van der Waals surface area contributed by atoms with E-state index in [9.17, 15) is 9.90 Å². The number of phenols is 1. The summed E-state index contributed by atoms with van der Waals surface area (Å²) in [5, 5.41) is 12.3. The van der Waals surface area contributed by atoms with E-state index in [0.29, 0.717) is 11.4 Å². The molecule has 0 aliphatic carbocycles. The number of methoxy groups -OCH3 is 1. The molecule has 0 aromatic heterocycles. The molecule has 5 heteroatoms. The Kier molecular flexibility index (Phi) is 4.06. The molecule has 98 valence electrons. The van der Waals surface area contributed by atoms with Crippen molar-refractivity contribution >= 4 is 27.5 Å². The third-order valence-corrected chi connectivity index (χ3v) is 3.21. The Balaban J connectivity index is 2.22. The van der Waals surface area contributed by atoms with Crippen LogP contribution in [0.4, 0.5) is 5.69 Å². The number of rotatable bonds is 3. The third-order valence-electron chi connectivity index (χ3n) is 2.56. The molecule has 4 nitrogen and oxygen atoms in total. The van der Waals surface area contributed by atoms with Crippen LogP contribution < -0.4 is 10.1 Å². The van der Waals surface area contributed by atoms with Crippen molar-refractivity contribution in [2.24, 2.45) is 0 Å². The van der Waals surface area contributed by atoms with Crippen LogP contribution in [0.2, 0.25) is 0 Å². The van der Waals surface area contributed by atoms with Gasteiger partial charge in [0, 0.05) is 11.8 Å². The fourth-order valence-corrected chi connectivity index (χ4v) is 2.01. The number of anilines is 1. The minimum Gasteiger partial charge on any atom is -0.507 e. The smallest absolute Gasteiger partial charge is 0.259 e. The highest BCUT2D eigenvalue weighted by Gasteiger charge is 2.11. The van der Waals surface area contributed by atoms with Crippen LogP contribution in [-0.4, -0.2) is 18.1 Å². The number of aromatic hydroxyl groups is 1. The summed E-state index contributed by atoms with van der Waals surface area (Å²) in [7, 11) is 1.55. The van der Waals surface area contributed by atoms with Gasteiger partial charge in [-0.1, -0.05) is 12.1 Å². The highest BCUT2D eigenvalue weighted by Crippen LogP contribution is 2.28. The van der Waals surface area contributed by atoms with E-state index in [-0.39, 0.29) is 17.2 Å². The molecular formula is C14H12BrNO3. The fraction of sp³-hybridized carbons (Fsp3) is 0.0714. The summed E-state index contributed by atoms with van der Waals surface area (Å²) in [5.41, 5.74) is 0.817. The van der Waals surface area contributed by atoms with E-state index in [0.717, 1.165) is 4.47 Å². The molecule has 19 heavy (non-hydrogen) atoms. The van der Waals surface area contributed by atoms with Gasteiger partial charge in [0.15, 0.2) is 0 Å². The van der Waals surface area contributed by atoms with Gasteiger partial charge in [-0.15, -0.1) is 0 Å². The zero-order chi connectivity index (χ0) is 13.8. The summed E-state index contributed by atoms with van der Waals surface area (Å²) in [6, 6.07) is 11.6. The highest BCUT2D eigenvalue weighted by atomic mass is 79.9. The zero-order valence-corrected chi connectivity index (χ0v) is 11.8. The Morgan fingerprint density at radius 1 is 1.26 bits per heavy atom. The quantitative estimate of drug-likeness (QED) is 0.910. The normalized spacial score (nSPS) is 10.0. The number of benzene rings is 2. The number of hydrogen-bond acceptors (Lipinski definition) is 3. The number of hydrogen-bond donors (Lipinski definition) is 2. The van der Waals surface area contributed by atoms with Gasteiger partial charge in [0.1, 0.15) is 11.5 Å². The number of phenolic OH excluding ortho intramolecular Hbond substituents is 1. The minimum atomic E-state index is -0.373. The maximum atomic E-state index is 12.0. The van der Waals surface area contributed by atoms with E-state index in [4.69, 9.17) is 4.74 Å². The second-order valence-electron chi connectivity index (χ2n) is 3.82. The van der Waals surface area contributed by atoms with Crippen molar-refractivity contribution in [3.63, 3.8) is 0 Å². The molecule has 0 unspecified atom stereocenters. The summed E-state index contributed by atoms with van der Waals surface area (Å²) in [4.78, 5) is 12.0. The maximum Gasteiger partial charge on any atom is 0.259 e. The molecule has 2 aromatic rings. The van der Waals surface area contributed by atoms with Crippen LogP contribution in [0, 0.1) is 0 Å². The first kappa shape index (κ1) is 13.4. The third kappa shape index (κ3) is 3.06. The number of ether oxygens (including phenoxy) is 1. The monoisotopic (exact) mass is 321 g/mol. The summed E-state index contributed by atoms with van der Waals surface area (Å²) in [6.45, 7) is 0. The molecule has 0 saturated carbocycles. The average Bonchev–Trinajstić information content (AvgIpc) is 2.41. The van der Waals surface area contributed by atoms with E-state index >= 15 is 0 Å². The Morgan fingerprint density at radius 2 is 2.00 bits per heavy atom. The van der Waals surface area contributed by atoms with Crippen LogP contribution in [0.25, 0.3) is 0 Å². The number of nitrogens with one attached hydrogen (secondary N) is 1. The molecule has 1 amide bonds. The van der Waals surface area contributed by atoms with E-state index in [1.807, 2.05) is 0 Å². The highest BCUT2D eigenvalue weighted by molar-refractivity contribution is 9.10. The molecule has 0 spiro atoms. The summed E-state index contributed by atoms with van der Waals surface area (Å²) in [5.74, 6) is 0.196. The summed E-state index contributed by atoms with van der Waals surface area (Å²) < 4.78 is 5.95. The molecule has 0 aliphatic rings. The van der Waals surface area contributed by atoms with Gasteiger partial charge in [0.05, 0.1) is 17.1 Å². The Bertz CT molecular complexity index is 613. The Hall–Kier alpha value is -2.01. The number of carbonyl (C=O) groups is 1. The number of halogens is 1. The lowest BCUT2D eigenvalue weighted by atomic mass is 10.2. The van der Waals surface area contributed by atoms with Crippen molar-refractivity contribution < 1.29 is 14.6 Å². The van der Waals surface area contributed by atoms with Gasteiger partial charge in [0.2, 0.25) is 0 Å². The van der Waals surface area contributed by atoms with E-state index < -0.39 is 0 Å². The topological polar surface area (TPSA) is 58.6 Å². The van der Waals surface area contributed by atoms with Gasteiger partial charge in [0.25, 0.3) is 5.91 Å². The van der Waals surface area contributed by atoms with Crippen molar-refractivity contribution in [1.29, 1.82) is 0 Å². The van der Waals surface area contributed by atoms with E-state index in [1.165, 1.54) is 6.07 Å².